The quantitative estimate of drug-likeness (QED) is 0.764. The Morgan fingerprint density at radius 1 is 1.00 bits per heavy atom. The first-order chi connectivity index (χ1) is 7.25. The number of hydrogen-bond acceptors (Lipinski definition) is 0. The Labute approximate surface area is 96.9 Å². The zero-order chi connectivity index (χ0) is 10.7. The summed E-state index contributed by atoms with van der Waals surface area (Å²) in [7, 11) is 0. The lowest BCUT2D eigenvalue weighted by Gasteiger charge is -2.04. The lowest BCUT2D eigenvalue weighted by Crippen LogP contribution is -1.89. The van der Waals surface area contributed by atoms with E-state index < -0.39 is 0 Å². The third-order valence-corrected chi connectivity index (χ3v) is 3.02. The van der Waals surface area contributed by atoms with Crippen LogP contribution in [0.5, 0.6) is 0 Å². The van der Waals surface area contributed by atoms with Gasteiger partial charge in [-0.05, 0) is 35.7 Å². The summed E-state index contributed by atoms with van der Waals surface area (Å²) >= 11 is 3.48. The maximum Gasteiger partial charge on any atom is 0.123 e. The minimum Gasteiger partial charge on any atom is -0.207 e. The minimum absolute atomic E-state index is 0.181. The molecule has 0 saturated carbocycles. The first-order valence-electron chi connectivity index (χ1n) is 4.73. The summed E-state index contributed by atoms with van der Waals surface area (Å²) in [5, 5.41) is 0. The summed E-state index contributed by atoms with van der Waals surface area (Å²) in [6.07, 6.45) is 0.749. The van der Waals surface area contributed by atoms with E-state index >= 15 is 0 Å². The highest BCUT2D eigenvalue weighted by molar-refractivity contribution is 9.10. The van der Waals surface area contributed by atoms with Gasteiger partial charge in [-0.3, -0.25) is 0 Å². The largest absolute Gasteiger partial charge is 0.207 e. The number of rotatable bonds is 2. The number of halogens is 2. The molecule has 0 fully saturated rings. The lowest BCUT2D eigenvalue weighted by atomic mass is 10.1. The average molecular weight is 265 g/mol. The van der Waals surface area contributed by atoms with Crippen LogP contribution in [0.1, 0.15) is 11.1 Å². The van der Waals surface area contributed by atoms with Crippen molar-refractivity contribution >= 4 is 15.9 Å². The molecule has 2 aromatic rings. The van der Waals surface area contributed by atoms with Crippen molar-refractivity contribution in [3.63, 3.8) is 0 Å². The Bertz CT molecular complexity index is 466. The molecule has 0 amide bonds. The molecule has 0 heterocycles. The second kappa shape index (κ2) is 4.58. The van der Waals surface area contributed by atoms with Crippen molar-refractivity contribution in [1.82, 2.24) is 0 Å². The Hall–Kier alpha value is -1.15. The molecule has 0 spiro atoms. The van der Waals surface area contributed by atoms with Gasteiger partial charge < -0.3 is 0 Å². The van der Waals surface area contributed by atoms with Crippen LogP contribution in [0.4, 0.5) is 4.39 Å². The third kappa shape index (κ3) is 2.66. The van der Waals surface area contributed by atoms with Crippen LogP contribution in [0.25, 0.3) is 0 Å². The fourth-order valence-corrected chi connectivity index (χ4v) is 1.93. The van der Waals surface area contributed by atoms with Gasteiger partial charge in [-0.1, -0.05) is 46.3 Å². The average Bonchev–Trinajstić information content (AvgIpc) is 2.22. The van der Waals surface area contributed by atoms with Gasteiger partial charge in [0.25, 0.3) is 0 Å². The number of benzene rings is 2. The molecule has 0 N–H and O–H groups in total. The Balaban J connectivity index is 2.26. The molecule has 0 bridgehead atoms. The van der Waals surface area contributed by atoms with Crippen LogP contribution >= 0.6 is 15.9 Å². The molecular weight excluding hydrogens is 255 g/mol. The van der Waals surface area contributed by atoms with Crippen molar-refractivity contribution in [2.45, 2.75) is 6.42 Å². The lowest BCUT2D eigenvalue weighted by molar-refractivity contribution is 0.626. The van der Waals surface area contributed by atoms with Gasteiger partial charge in [-0.15, -0.1) is 0 Å². The molecule has 0 saturated heterocycles. The van der Waals surface area contributed by atoms with Crippen LogP contribution in [0.3, 0.4) is 0 Å². The second-order valence-corrected chi connectivity index (χ2v) is 4.25. The topological polar surface area (TPSA) is 0 Å². The summed E-state index contributed by atoms with van der Waals surface area (Å²) in [5.41, 5.74) is 2.16. The molecule has 76 valence electrons. The van der Waals surface area contributed by atoms with Crippen LogP contribution in [0.2, 0.25) is 0 Å². The monoisotopic (exact) mass is 264 g/mol. The molecule has 0 aliphatic heterocycles. The van der Waals surface area contributed by atoms with Gasteiger partial charge in [0, 0.05) is 4.47 Å². The van der Waals surface area contributed by atoms with Crippen LogP contribution in [-0.2, 0) is 6.42 Å². The SMILES string of the molecule is Fc1cccc(Cc2ccccc2Br)c1. The van der Waals surface area contributed by atoms with Crippen molar-refractivity contribution in [2.24, 2.45) is 0 Å². The molecule has 0 atom stereocenters. The van der Waals surface area contributed by atoms with Crippen LogP contribution in [0.15, 0.2) is 53.0 Å². The maximum atomic E-state index is 13.0. The molecule has 2 rings (SSSR count). The maximum absolute atomic E-state index is 13.0. The van der Waals surface area contributed by atoms with Crippen molar-refractivity contribution < 1.29 is 4.39 Å². The predicted octanol–water partition coefficient (Wildman–Crippen LogP) is 4.18. The van der Waals surface area contributed by atoms with Crippen LogP contribution < -0.4 is 0 Å². The zero-order valence-corrected chi connectivity index (χ0v) is 9.67. The molecule has 0 nitrogen and oxygen atoms in total. The molecule has 0 aromatic heterocycles. The van der Waals surface area contributed by atoms with E-state index in [1.807, 2.05) is 30.3 Å². The molecular formula is C13H10BrF. The van der Waals surface area contributed by atoms with E-state index in [2.05, 4.69) is 15.9 Å². The fraction of sp³-hybridized carbons (Fsp3) is 0.0769. The normalized spacial score (nSPS) is 10.3. The Morgan fingerprint density at radius 3 is 2.53 bits per heavy atom. The van der Waals surface area contributed by atoms with E-state index in [1.54, 1.807) is 12.1 Å². The highest BCUT2D eigenvalue weighted by atomic mass is 79.9. The van der Waals surface area contributed by atoms with Gasteiger partial charge in [-0.25, -0.2) is 4.39 Å². The molecule has 2 aromatic carbocycles. The fourth-order valence-electron chi connectivity index (χ4n) is 1.51. The smallest absolute Gasteiger partial charge is 0.123 e. The second-order valence-electron chi connectivity index (χ2n) is 3.40. The van der Waals surface area contributed by atoms with Crippen molar-refractivity contribution in [2.75, 3.05) is 0 Å². The van der Waals surface area contributed by atoms with Crippen LogP contribution in [0, 0.1) is 5.82 Å². The van der Waals surface area contributed by atoms with Gasteiger partial charge in [0.05, 0.1) is 0 Å². The summed E-state index contributed by atoms with van der Waals surface area (Å²) in [5.74, 6) is -0.181. The Morgan fingerprint density at radius 2 is 1.80 bits per heavy atom. The first kappa shape index (κ1) is 10.4. The van der Waals surface area contributed by atoms with E-state index in [1.165, 1.54) is 11.6 Å². The van der Waals surface area contributed by atoms with Crippen molar-refractivity contribution in [3.05, 3.63) is 69.9 Å². The molecule has 0 unspecified atom stereocenters. The first-order valence-corrected chi connectivity index (χ1v) is 5.53. The summed E-state index contributed by atoms with van der Waals surface area (Å²) in [6, 6.07) is 14.7. The number of hydrogen-bond donors (Lipinski definition) is 0. The van der Waals surface area contributed by atoms with Crippen molar-refractivity contribution in [1.29, 1.82) is 0 Å². The van der Waals surface area contributed by atoms with E-state index in [9.17, 15) is 4.39 Å². The van der Waals surface area contributed by atoms with Gasteiger partial charge >= 0.3 is 0 Å². The standard InChI is InChI=1S/C13H10BrF/c14-13-7-2-1-5-11(13)8-10-4-3-6-12(15)9-10/h1-7,9H,8H2. The minimum atomic E-state index is -0.181. The van der Waals surface area contributed by atoms with E-state index in [0.717, 1.165) is 16.5 Å². The van der Waals surface area contributed by atoms with Gasteiger partial charge in [0.1, 0.15) is 5.82 Å². The van der Waals surface area contributed by atoms with Crippen LogP contribution in [-0.4, -0.2) is 0 Å². The summed E-state index contributed by atoms with van der Waals surface area (Å²) in [4.78, 5) is 0. The zero-order valence-electron chi connectivity index (χ0n) is 8.08. The molecule has 0 radical (unpaired) electrons. The third-order valence-electron chi connectivity index (χ3n) is 2.24. The summed E-state index contributed by atoms with van der Waals surface area (Å²) in [6.45, 7) is 0. The predicted molar refractivity (Wildman–Crippen MR) is 63.3 cm³/mol. The van der Waals surface area contributed by atoms with Gasteiger partial charge in [0.2, 0.25) is 0 Å². The van der Waals surface area contributed by atoms with E-state index in [-0.39, 0.29) is 5.82 Å². The highest BCUT2D eigenvalue weighted by Crippen LogP contribution is 2.19. The molecule has 0 aliphatic carbocycles. The van der Waals surface area contributed by atoms with Gasteiger partial charge in [-0.2, -0.15) is 0 Å². The van der Waals surface area contributed by atoms with E-state index in [0.29, 0.717) is 0 Å². The molecule has 2 heteroatoms. The Kier molecular flexibility index (Phi) is 3.17. The van der Waals surface area contributed by atoms with Gasteiger partial charge in [0.15, 0.2) is 0 Å². The van der Waals surface area contributed by atoms with Crippen molar-refractivity contribution in [3.8, 4) is 0 Å². The summed E-state index contributed by atoms with van der Waals surface area (Å²) < 4.78 is 14.0. The molecule has 15 heavy (non-hydrogen) atoms. The van der Waals surface area contributed by atoms with E-state index in [4.69, 9.17) is 0 Å². The molecule has 0 aliphatic rings. The highest BCUT2D eigenvalue weighted by Gasteiger charge is 2.00.